The number of rotatable bonds is 5. The molecule has 126 valence electrons. The number of carbonyl (C=O) groups is 2. The number of esters is 1. The molecule has 24 heavy (non-hydrogen) atoms. The first-order chi connectivity index (χ1) is 11.6. The van der Waals surface area contributed by atoms with Crippen molar-refractivity contribution < 1.29 is 23.8 Å². The van der Waals surface area contributed by atoms with Gasteiger partial charge in [0.1, 0.15) is 6.61 Å². The van der Waals surface area contributed by atoms with E-state index in [1.54, 1.807) is 29.5 Å². The lowest BCUT2D eigenvalue weighted by Crippen LogP contribution is -2.42. The zero-order valence-electron chi connectivity index (χ0n) is 13.1. The molecule has 6 nitrogen and oxygen atoms in total. The lowest BCUT2D eigenvalue weighted by Gasteiger charge is -2.25. The molecular weight excluding hydrogens is 330 g/mol. The lowest BCUT2D eigenvalue weighted by molar-refractivity contribution is -0.163. The lowest BCUT2D eigenvalue weighted by atomic mass is 10.2. The van der Waals surface area contributed by atoms with Crippen molar-refractivity contribution in [1.82, 2.24) is 5.32 Å². The molecule has 0 spiro atoms. The Morgan fingerprint density at radius 2 is 2.08 bits per heavy atom. The standard InChI is InChI=1S/C17H17NO5S/c1-11(16(19)18-9-12-5-4-8-24-12)22-17(20)15-10-21-13-6-2-3-7-14(13)23-15/h2-8,11,15H,9-10H2,1H3,(H,18,19)/t11-,15+/m0/s1. The first-order valence-electron chi connectivity index (χ1n) is 7.52. The van der Waals surface area contributed by atoms with Gasteiger partial charge < -0.3 is 19.5 Å². The fourth-order valence-electron chi connectivity index (χ4n) is 2.17. The van der Waals surface area contributed by atoms with Crippen molar-refractivity contribution in [1.29, 1.82) is 0 Å². The zero-order chi connectivity index (χ0) is 16.9. The van der Waals surface area contributed by atoms with Crippen molar-refractivity contribution in [2.45, 2.75) is 25.7 Å². The topological polar surface area (TPSA) is 73.9 Å². The summed E-state index contributed by atoms with van der Waals surface area (Å²) >= 11 is 1.55. The highest BCUT2D eigenvalue weighted by Crippen LogP contribution is 2.31. The van der Waals surface area contributed by atoms with E-state index < -0.39 is 18.2 Å². The van der Waals surface area contributed by atoms with Gasteiger partial charge in [-0.2, -0.15) is 0 Å². The summed E-state index contributed by atoms with van der Waals surface area (Å²) in [6, 6.07) is 10.9. The number of fused-ring (bicyclic) bond motifs is 1. The number of thiophene rings is 1. The molecule has 0 aliphatic carbocycles. The molecule has 0 fully saturated rings. The van der Waals surface area contributed by atoms with Crippen LogP contribution in [0.25, 0.3) is 0 Å². The summed E-state index contributed by atoms with van der Waals surface area (Å²) < 4.78 is 16.2. The molecule has 2 heterocycles. The smallest absolute Gasteiger partial charge is 0.351 e. The summed E-state index contributed by atoms with van der Waals surface area (Å²) in [6.07, 6.45) is -1.79. The maximum Gasteiger partial charge on any atom is 0.351 e. The molecule has 0 saturated carbocycles. The molecule has 2 atom stereocenters. The highest BCUT2D eigenvalue weighted by molar-refractivity contribution is 7.09. The van der Waals surface area contributed by atoms with Crippen molar-refractivity contribution >= 4 is 23.2 Å². The van der Waals surface area contributed by atoms with Gasteiger partial charge in [0.05, 0.1) is 6.54 Å². The number of ether oxygens (including phenoxy) is 3. The molecular formula is C17H17NO5S. The quantitative estimate of drug-likeness (QED) is 0.839. The van der Waals surface area contributed by atoms with Crippen molar-refractivity contribution in [3.8, 4) is 11.5 Å². The number of hydrogen-bond donors (Lipinski definition) is 1. The van der Waals surface area contributed by atoms with Gasteiger partial charge in [-0.05, 0) is 30.5 Å². The minimum Gasteiger partial charge on any atom is -0.485 e. The van der Waals surface area contributed by atoms with E-state index in [-0.39, 0.29) is 12.5 Å². The second-order valence-corrected chi connectivity index (χ2v) is 6.27. The van der Waals surface area contributed by atoms with Gasteiger partial charge in [-0.15, -0.1) is 11.3 Å². The third-order valence-corrected chi connectivity index (χ3v) is 4.33. The van der Waals surface area contributed by atoms with Crippen LogP contribution in [0.15, 0.2) is 41.8 Å². The van der Waals surface area contributed by atoms with Crippen LogP contribution in [0, 0.1) is 0 Å². The number of nitrogens with one attached hydrogen (secondary N) is 1. The van der Waals surface area contributed by atoms with E-state index in [0.717, 1.165) is 4.88 Å². The summed E-state index contributed by atoms with van der Waals surface area (Å²) in [5.41, 5.74) is 0. The van der Waals surface area contributed by atoms with Gasteiger partial charge in [0.2, 0.25) is 6.10 Å². The van der Waals surface area contributed by atoms with Crippen LogP contribution in [0.3, 0.4) is 0 Å². The molecule has 1 aliphatic heterocycles. The van der Waals surface area contributed by atoms with Crippen LogP contribution in [0.5, 0.6) is 11.5 Å². The highest BCUT2D eigenvalue weighted by Gasteiger charge is 2.31. The first-order valence-corrected chi connectivity index (χ1v) is 8.40. The first kappa shape index (κ1) is 16.3. The predicted molar refractivity (Wildman–Crippen MR) is 88.1 cm³/mol. The second-order valence-electron chi connectivity index (χ2n) is 5.24. The summed E-state index contributed by atoms with van der Waals surface area (Å²) in [6.45, 7) is 1.99. The van der Waals surface area contributed by atoms with Gasteiger partial charge in [0, 0.05) is 4.88 Å². The van der Waals surface area contributed by atoms with Gasteiger partial charge in [0.25, 0.3) is 5.91 Å². The largest absolute Gasteiger partial charge is 0.485 e. The Morgan fingerprint density at radius 3 is 2.83 bits per heavy atom. The minimum absolute atomic E-state index is 0.0549. The Morgan fingerprint density at radius 1 is 1.29 bits per heavy atom. The second kappa shape index (κ2) is 7.35. The van der Waals surface area contributed by atoms with Gasteiger partial charge >= 0.3 is 5.97 Å². The fraction of sp³-hybridized carbons (Fsp3) is 0.294. The highest BCUT2D eigenvalue weighted by atomic mass is 32.1. The van der Waals surface area contributed by atoms with E-state index >= 15 is 0 Å². The maximum absolute atomic E-state index is 12.2. The SMILES string of the molecule is C[C@H](OC(=O)[C@H]1COc2ccccc2O1)C(=O)NCc1cccs1. The Kier molecular flexibility index (Phi) is 5.00. The molecule has 0 unspecified atom stereocenters. The van der Waals surface area contributed by atoms with E-state index in [9.17, 15) is 9.59 Å². The molecule has 1 amide bonds. The molecule has 1 N–H and O–H groups in total. The summed E-state index contributed by atoms with van der Waals surface area (Å²) in [5.74, 6) is 0.0981. The van der Waals surface area contributed by atoms with E-state index in [4.69, 9.17) is 14.2 Å². The number of carbonyl (C=O) groups excluding carboxylic acids is 2. The molecule has 0 saturated heterocycles. The Balaban J connectivity index is 1.50. The molecule has 7 heteroatoms. The average molecular weight is 347 g/mol. The monoisotopic (exact) mass is 347 g/mol. The summed E-state index contributed by atoms with van der Waals surface area (Å²) in [5, 5.41) is 4.66. The van der Waals surface area contributed by atoms with Gasteiger partial charge in [-0.25, -0.2) is 4.79 Å². The summed E-state index contributed by atoms with van der Waals surface area (Å²) in [7, 11) is 0. The van der Waals surface area contributed by atoms with Crippen molar-refractivity contribution in [3.05, 3.63) is 46.7 Å². The number of benzene rings is 1. The predicted octanol–water partition coefficient (Wildman–Crippen LogP) is 2.14. The Labute approximate surface area is 143 Å². The molecule has 3 rings (SSSR count). The number of para-hydroxylation sites is 2. The van der Waals surface area contributed by atoms with Crippen LogP contribution in [-0.2, 0) is 20.9 Å². The van der Waals surface area contributed by atoms with Gasteiger partial charge in [-0.3, -0.25) is 4.79 Å². The Hall–Kier alpha value is -2.54. The molecule has 0 bridgehead atoms. The molecule has 1 aromatic carbocycles. The van der Waals surface area contributed by atoms with Crippen LogP contribution in [-0.4, -0.2) is 30.7 Å². The molecule has 0 radical (unpaired) electrons. The zero-order valence-corrected chi connectivity index (χ0v) is 13.9. The van der Waals surface area contributed by atoms with Crippen LogP contribution in [0.1, 0.15) is 11.8 Å². The van der Waals surface area contributed by atoms with E-state index in [1.807, 2.05) is 23.6 Å². The average Bonchev–Trinajstić information content (AvgIpc) is 3.12. The van der Waals surface area contributed by atoms with Crippen LogP contribution < -0.4 is 14.8 Å². The third-order valence-electron chi connectivity index (χ3n) is 3.45. The Bertz CT molecular complexity index is 716. The molecule has 1 aromatic heterocycles. The van der Waals surface area contributed by atoms with Crippen LogP contribution >= 0.6 is 11.3 Å². The van der Waals surface area contributed by atoms with Crippen molar-refractivity contribution in [3.63, 3.8) is 0 Å². The van der Waals surface area contributed by atoms with Crippen molar-refractivity contribution in [2.24, 2.45) is 0 Å². The van der Waals surface area contributed by atoms with E-state index in [0.29, 0.717) is 18.0 Å². The maximum atomic E-state index is 12.2. The van der Waals surface area contributed by atoms with E-state index in [2.05, 4.69) is 5.32 Å². The third kappa shape index (κ3) is 3.86. The summed E-state index contributed by atoms with van der Waals surface area (Å²) in [4.78, 5) is 25.2. The van der Waals surface area contributed by atoms with E-state index in [1.165, 1.54) is 6.92 Å². The fourth-order valence-corrected chi connectivity index (χ4v) is 2.82. The minimum atomic E-state index is -0.904. The van der Waals surface area contributed by atoms with Crippen LogP contribution in [0.4, 0.5) is 0 Å². The van der Waals surface area contributed by atoms with Gasteiger partial charge in [0.15, 0.2) is 17.6 Å². The van der Waals surface area contributed by atoms with Crippen LogP contribution in [0.2, 0.25) is 0 Å². The van der Waals surface area contributed by atoms with Gasteiger partial charge in [-0.1, -0.05) is 18.2 Å². The normalized spacial score (nSPS) is 17.0. The molecule has 2 aromatic rings. The number of hydrogen-bond acceptors (Lipinski definition) is 6. The molecule has 1 aliphatic rings. The van der Waals surface area contributed by atoms with Crippen molar-refractivity contribution in [2.75, 3.05) is 6.61 Å². The number of amides is 1.